The number of ether oxygens (including phenoxy) is 3. The molecule has 0 amide bonds. The van der Waals surface area contributed by atoms with Gasteiger partial charge in [-0.3, -0.25) is 9.69 Å². The van der Waals surface area contributed by atoms with Crippen molar-refractivity contribution in [3.05, 3.63) is 57.5 Å². The number of methoxy groups -OCH3 is 2. The molecule has 1 atom stereocenters. The molecule has 0 aliphatic carbocycles. The standard InChI is InChI=1S/C21H28N2O5/c1-15-14-18(24)19(21(25)23(15)10-11-26-2)20(22-8-12-28-13-9-22)16-4-6-17(27-3)7-5-16/h4-7,14,20,24H,8-13H2,1-3H3/t20-/m0/s1. The third-order valence-electron chi connectivity index (χ3n) is 5.16. The molecule has 0 unspecified atom stereocenters. The summed E-state index contributed by atoms with van der Waals surface area (Å²) in [5, 5.41) is 10.8. The number of rotatable bonds is 7. The number of aromatic nitrogens is 1. The van der Waals surface area contributed by atoms with E-state index < -0.39 is 0 Å². The van der Waals surface area contributed by atoms with Gasteiger partial charge in [0.2, 0.25) is 0 Å². The number of pyridine rings is 1. The highest BCUT2D eigenvalue weighted by Crippen LogP contribution is 2.33. The van der Waals surface area contributed by atoms with Crippen molar-refractivity contribution >= 4 is 0 Å². The minimum Gasteiger partial charge on any atom is -0.507 e. The van der Waals surface area contributed by atoms with E-state index in [0.29, 0.717) is 50.7 Å². The van der Waals surface area contributed by atoms with Gasteiger partial charge in [0.25, 0.3) is 5.56 Å². The number of benzene rings is 1. The third kappa shape index (κ3) is 4.22. The van der Waals surface area contributed by atoms with Crippen molar-refractivity contribution in [3.63, 3.8) is 0 Å². The molecule has 152 valence electrons. The molecule has 2 aromatic rings. The molecule has 0 bridgehead atoms. The molecule has 0 spiro atoms. The fourth-order valence-electron chi connectivity index (χ4n) is 3.67. The monoisotopic (exact) mass is 388 g/mol. The van der Waals surface area contributed by atoms with Crippen LogP contribution in [0, 0.1) is 6.92 Å². The summed E-state index contributed by atoms with van der Waals surface area (Å²) in [6.45, 7) is 5.23. The maximum Gasteiger partial charge on any atom is 0.259 e. The lowest BCUT2D eigenvalue weighted by Gasteiger charge is -2.35. The summed E-state index contributed by atoms with van der Waals surface area (Å²) in [5.74, 6) is 0.763. The molecule has 0 saturated carbocycles. The number of aromatic hydroxyl groups is 1. The lowest BCUT2D eigenvalue weighted by atomic mass is 9.96. The summed E-state index contributed by atoms with van der Waals surface area (Å²) in [4.78, 5) is 15.5. The lowest BCUT2D eigenvalue weighted by molar-refractivity contribution is 0.0232. The fourth-order valence-corrected chi connectivity index (χ4v) is 3.67. The van der Waals surface area contributed by atoms with Gasteiger partial charge < -0.3 is 23.9 Å². The molecule has 0 radical (unpaired) electrons. The Kier molecular flexibility index (Phi) is 6.72. The minimum absolute atomic E-state index is 0.0171. The van der Waals surface area contributed by atoms with E-state index in [2.05, 4.69) is 4.90 Å². The van der Waals surface area contributed by atoms with Crippen molar-refractivity contribution in [2.45, 2.75) is 19.5 Å². The zero-order valence-corrected chi connectivity index (χ0v) is 16.7. The molecule has 7 heteroatoms. The molecule has 3 rings (SSSR count). The van der Waals surface area contributed by atoms with Crippen LogP contribution in [-0.4, -0.2) is 61.7 Å². The Morgan fingerprint density at radius 3 is 2.46 bits per heavy atom. The minimum atomic E-state index is -0.364. The topological polar surface area (TPSA) is 73.2 Å². The van der Waals surface area contributed by atoms with Crippen molar-refractivity contribution in [2.75, 3.05) is 47.1 Å². The van der Waals surface area contributed by atoms with Crippen LogP contribution >= 0.6 is 0 Å². The zero-order chi connectivity index (χ0) is 20.1. The Morgan fingerprint density at radius 1 is 1.18 bits per heavy atom. The number of hydrogen-bond acceptors (Lipinski definition) is 6. The Hall–Kier alpha value is -2.35. The van der Waals surface area contributed by atoms with E-state index in [9.17, 15) is 9.90 Å². The average Bonchev–Trinajstić information content (AvgIpc) is 2.71. The molecule has 1 aromatic heterocycles. The second-order valence-electron chi connectivity index (χ2n) is 6.86. The van der Waals surface area contributed by atoms with Crippen LogP contribution in [-0.2, 0) is 16.0 Å². The van der Waals surface area contributed by atoms with Crippen LogP contribution in [0.25, 0.3) is 0 Å². The largest absolute Gasteiger partial charge is 0.507 e. The molecular weight excluding hydrogens is 360 g/mol. The maximum absolute atomic E-state index is 13.4. The van der Waals surface area contributed by atoms with E-state index in [1.54, 1.807) is 24.9 Å². The summed E-state index contributed by atoms with van der Waals surface area (Å²) >= 11 is 0. The van der Waals surface area contributed by atoms with Crippen LogP contribution in [0.15, 0.2) is 35.1 Å². The van der Waals surface area contributed by atoms with Gasteiger partial charge in [-0.05, 0) is 30.7 Å². The van der Waals surface area contributed by atoms with Gasteiger partial charge in [-0.1, -0.05) is 12.1 Å². The molecule has 2 heterocycles. The van der Waals surface area contributed by atoms with Gasteiger partial charge in [0.15, 0.2) is 0 Å². The predicted octanol–water partition coefficient (Wildman–Crippen LogP) is 1.94. The highest BCUT2D eigenvalue weighted by molar-refractivity contribution is 5.42. The van der Waals surface area contributed by atoms with Crippen molar-refractivity contribution in [3.8, 4) is 11.5 Å². The Balaban J connectivity index is 2.12. The first-order valence-corrected chi connectivity index (χ1v) is 9.44. The van der Waals surface area contributed by atoms with Gasteiger partial charge in [0.05, 0.1) is 38.5 Å². The molecule has 1 saturated heterocycles. The third-order valence-corrected chi connectivity index (χ3v) is 5.16. The molecule has 7 nitrogen and oxygen atoms in total. The number of nitrogens with zero attached hydrogens (tertiary/aromatic N) is 2. The van der Waals surface area contributed by atoms with E-state index in [4.69, 9.17) is 14.2 Å². The van der Waals surface area contributed by atoms with Gasteiger partial charge >= 0.3 is 0 Å². The normalized spacial score (nSPS) is 16.1. The van der Waals surface area contributed by atoms with E-state index in [1.807, 2.05) is 31.2 Å². The number of hydrogen-bond donors (Lipinski definition) is 1. The highest BCUT2D eigenvalue weighted by atomic mass is 16.5. The average molecular weight is 388 g/mol. The van der Waals surface area contributed by atoms with Crippen molar-refractivity contribution in [2.24, 2.45) is 0 Å². The van der Waals surface area contributed by atoms with Gasteiger partial charge in [-0.25, -0.2) is 0 Å². The van der Waals surface area contributed by atoms with E-state index in [-0.39, 0.29) is 17.4 Å². The summed E-state index contributed by atoms with van der Waals surface area (Å²) in [5.41, 5.74) is 1.83. The summed E-state index contributed by atoms with van der Waals surface area (Å²) in [6.07, 6.45) is 0. The van der Waals surface area contributed by atoms with Crippen LogP contribution in [0.4, 0.5) is 0 Å². The zero-order valence-electron chi connectivity index (χ0n) is 16.7. The van der Waals surface area contributed by atoms with Gasteiger partial charge in [-0.15, -0.1) is 0 Å². The molecular formula is C21H28N2O5. The molecule has 1 aliphatic rings. The second-order valence-corrected chi connectivity index (χ2v) is 6.86. The smallest absolute Gasteiger partial charge is 0.259 e. The quantitative estimate of drug-likeness (QED) is 0.782. The van der Waals surface area contributed by atoms with Crippen molar-refractivity contribution < 1.29 is 19.3 Å². The molecule has 1 aliphatic heterocycles. The lowest BCUT2D eigenvalue weighted by Crippen LogP contribution is -2.42. The summed E-state index contributed by atoms with van der Waals surface area (Å²) < 4.78 is 17.6. The second kappa shape index (κ2) is 9.23. The van der Waals surface area contributed by atoms with E-state index >= 15 is 0 Å². The Bertz CT molecular complexity index is 841. The van der Waals surface area contributed by atoms with Crippen molar-refractivity contribution in [1.82, 2.24) is 9.47 Å². The predicted molar refractivity (Wildman–Crippen MR) is 106 cm³/mol. The van der Waals surface area contributed by atoms with Crippen LogP contribution < -0.4 is 10.3 Å². The summed E-state index contributed by atoms with van der Waals surface area (Å²) in [7, 11) is 3.23. The molecule has 1 fully saturated rings. The molecule has 1 N–H and O–H groups in total. The van der Waals surface area contributed by atoms with Gasteiger partial charge in [0, 0.05) is 32.4 Å². The van der Waals surface area contributed by atoms with Crippen LogP contribution in [0.1, 0.15) is 22.9 Å². The first-order valence-electron chi connectivity index (χ1n) is 9.44. The highest BCUT2D eigenvalue weighted by Gasteiger charge is 2.30. The Morgan fingerprint density at radius 2 is 1.86 bits per heavy atom. The fraction of sp³-hybridized carbons (Fsp3) is 0.476. The van der Waals surface area contributed by atoms with Gasteiger partial charge in [-0.2, -0.15) is 0 Å². The number of aryl methyl sites for hydroxylation is 1. The van der Waals surface area contributed by atoms with E-state index in [1.165, 1.54) is 0 Å². The van der Waals surface area contributed by atoms with Crippen LogP contribution in [0.3, 0.4) is 0 Å². The van der Waals surface area contributed by atoms with Gasteiger partial charge in [0.1, 0.15) is 11.5 Å². The SMILES string of the molecule is COCCn1c(C)cc(O)c([C@H](c2ccc(OC)cc2)N2CCOCC2)c1=O. The Labute approximate surface area is 165 Å². The number of morpholine rings is 1. The van der Waals surface area contributed by atoms with Crippen LogP contribution in [0.5, 0.6) is 11.5 Å². The van der Waals surface area contributed by atoms with Crippen LogP contribution in [0.2, 0.25) is 0 Å². The molecule has 28 heavy (non-hydrogen) atoms. The molecule has 1 aromatic carbocycles. The van der Waals surface area contributed by atoms with E-state index in [0.717, 1.165) is 11.3 Å². The summed E-state index contributed by atoms with van der Waals surface area (Å²) in [6, 6.07) is 8.92. The maximum atomic E-state index is 13.4. The van der Waals surface area contributed by atoms with Crippen molar-refractivity contribution in [1.29, 1.82) is 0 Å². The first kappa shape index (κ1) is 20.4. The first-order chi connectivity index (χ1) is 13.6.